The predicted molar refractivity (Wildman–Crippen MR) is 66.2 cm³/mol. The normalized spacial score (nSPS) is 25.5. The average molecular weight is 244 g/mol. The summed E-state index contributed by atoms with van der Waals surface area (Å²) in [6, 6.07) is 0. The van der Waals surface area contributed by atoms with Crippen molar-refractivity contribution >= 4 is 5.97 Å². The molecule has 1 saturated heterocycles. The molecule has 0 bridgehead atoms. The summed E-state index contributed by atoms with van der Waals surface area (Å²) >= 11 is 0. The lowest BCUT2D eigenvalue weighted by Crippen LogP contribution is -2.59. The second-order valence-electron chi connectivity index (χ2n) is 4.80. The SMILES string of the molecule is CCNC(C)(CN1CCOC(CC)C1)C(=O)O. The lowest BCUT2D eigenvalue weighted by atomic mass is 10.0. The molecule has 100 valence electrons. The largest absolute Gasteiger partial charge is 0.480 e. The van der Waals surface area contributed by atoms with Crippen molar-refractivity contribution in [2.75, 3.05) is 32.8 Å². The van der Waals surface area contributed by atoms with Crippen LogP contribution < -0.4 is 5.32 Å². The molecule has 2 N–H and O–H groups in total. The number of ether oxygens (including phenoxy) is 1. The van der Waals surface area contributed by atoms with Gasteiger partial charge in [0.05, 0.1) is 12.7 Å². The minimum absolute atomic E-state index is 0.239. The number of carboxylic acid groups (broad SMARTS) is 1. The monoisotopic (exact) mass is 244 g/mol. The maximum absolute atomic E-state index is 11.3. The first-order valence-electron chi connectivity index (χ1n) is 6.34. The molecule has 5 nitrogen and oxygen atoms in total. The molecule has 2 unspecified atom stereocenters. The van der Waals surface area contributed by atoms with E-state index in [9.17, 15) is 9.90 Å². The van der Waals surface area contributed by atoms with Gasteiger partial charge in [-0.25, -0.2) is 0 Å². The fourth-order valence-electron chi connectivity index (χ4n) is 2.21. The van der Waals surface area contributed by atoms with Crippen molar-refractivity contribution in [1.82, 2.24) is 10.2 Å². The Hall–Kier alpha value is -0.650. The van der Waals surface area contributed by atoms with E-state index in [0.717, 1.165) is 19.5 Å². The maximum Gasteiger partial charge on any atom is 0.324 e. The Bertz CT molecular complexity index is 260. The number of hydrogen-bond donors (Lipinski definition) is 2. The molecule has 0 radical (unpaired) electrons. The van der Waals surface area contributed by atoms with E-state index in [0.29, 0.717) is 19.7 Å². The van der Waals surface area contributed by atoms with Gasteiger partial charge in [0, 0.05) is 19.6 Å². The highest BCUT2D eigenvalue weighted by molar-refractivity contribution is 5.78. The summed E-state index contributed by atoms with van der Waals surface area (Å²) in [5.41, 5.74) is -0.871. The van der Waals surface area contributed by atoms with Gasteiger partial charge in [-0.1, -0.05) is 13.8 Å². The first-order valence-corrected chi connectivity index (χ1v) is 6.34. The van der Waals surface area contributed by atoms with Gasteiger partial charge in [-0.3, -0.25) is 9.69 Å². The highest BCUT2D eigenvalue weighted by atomic mass is 16.5. The lowest BCUT2D eigenvalue weighted by Gasteiger charge is -2.37. The smallest absolute Gasteiger partial charge is 0.324 e. The van der Waals surface area contributed by atoms with E-state index in [1.165, 1.54) is 0 Å². The van der Waals surface area contributed by atoms with Gasteiger partial charge >= 0.3 is 5.97 Å². The van der Waals surface area contributed by atoms with Gasteiger partial charge in [0.15, 0.2) is 0 Å². The summed E-state index contributed by atoms with van der Waals surface area (Å²) in [7, 11) is 0. The molecular weight excluding hydrogens is 220 g/mol. The van der Waals surface area contributed by atoms with Crippen LogP contribution in [-0.4, -0.2) is 60.4 Å². The Morgan fingerprint density at radius 3 is 2.82 bits per heavy atom. The van der Waals surface area contributed by atoms with Crippen LogP contribution in [0.3, 0.4) is 0 Å². The summed E-state index contributed by atoms with van der Waals surface area (Å²) in [5, 5.41) is 12.4. The number of carbonyl (C=O) groups is 1. The average Bonchev–Trinajstić information content (AvgIpc) is 2.29. The quantitative estimate of drug-likeness (QED) is 0.714. The molecule has 1 heterocycles. The highest BCUT2D eigenvalue weighted by Crippen LogP contribution is 2.13. The van der Waals surface area contributed by atoms with Crippen molar-refractivity contribution in [3.8, 4) is 0 Å². The number of hydrogen-bond acceptors (Lipinski definition) is 4. The third-order valence-corrected chi connectivity index (χ3v) is 3.26. The minimum Gasteiger partial charge on any atom is -0.480 e. The van der Waals surface area contributed by atoms with E-state index in [-0.39, 0.29) is 6.10 Å². The van der Waals surface area contributed by atoms with E-state index in [2.05, 4.69) is 17.1 Å². The Morgan fingerprint density at radius 1 is 1.59 bits per heavy atom. The molecule has 0 saturated carbocycles. The van der Waals surface area contributed by atoms with E-state index in [1.54, 1.807) is 6.92 Å². The fraction of sp³-hybridized carbons (Fsp3) is 0.917. The summed E-state index contributed by atoms with van der Waals surface area (Å²) < 4.78 is 5.58. The van der Waals surface area contributed by atoms with Crippen LogP contribution in [0.5, 0.6) is 0 Å². The highest BCUT2D eigenvalue weighted by Gasteiger charge is 2.35. The molecule has 0 aromatic rings. The van der Waals surface area contributed by atoms with Crippen molar-refractivity contribution in [3.63, 3.8) is 0 Å². The molecular formula is C12H24N2O3. The molecule has 1 fully saturated rings. The molecule has 1 rings (SSSR count). The molecule has 0 aromatic carbocycles. The maximum atomic E-state index is 11.3. The Labute approximate surface area is 103 Å². The van der Waals surface area contributed by atoms with Crippen molar-refractivity contribution in [3.05, 3.63) is 0 Å². The molecule has 0 aromatic heterocycles. The number of aliphatic carboxylic acids is 1. The number of carboxylic acids is 1. The predicted octanol–water partition coefficient (Wildman–Crippen LogP) is 0.550. The number of rotatable bonds is 6. The summed E-state index contributed by atoms with van der Waals surface area (Å²) in [4.78, 5) is 13.5. The second-order valence-corrected chi connectivity index (χ2v) is 4.80. The van der Waals surface area contributed by atoms with Gasteiger partial charge in [0.25, 0.3) is 0 Å². The van der Waals surface area contributed by atoms with Gasteiger partial charge in [-0.05, 0) is 19.9 Å². The molecule has 1 aliphatic heterocycles. The zero-order valence-corrected chi connectivity index (χ0v) is 11.0. The van der Waals surface area contributed by atoms with Gasteiger partial charge < -0.3 is 15.2 Å². The van der Waals surface area contributed by atoms with Crippen LogP contribution in [0.2, 0.25) is 0 Å². The Morgan fingerprint density at radius 2 is 2.29 bits per heavy atom. The number of morpholine rings is 1. The van der Waals surface area contributed by atoms with Gasteiger partial charge in [0.2, 0.25) is 0 Å². The van der Waals surface area contributed by atoms with Crippen LogP contribution in [-0.2, 0) is 9.53 Å². The van der Waals surface area contributed by atoms with E-state index in [1.807, 2.05) is 6.92 Å². The van der Waals surface area contributed by atoms with Crippen LogP contribution in [0.25, 0.3) is 0 Å². The van der Waals surface area contributed by atoms with Crippen molar-refractivity contribution in [2.24, 2.45) is 0 Å². The third-order valence-electron chi connectivity index (χ3n) is 3.26. The molecule has 17 heavy (non-hydrogen) atoms. The standard InChI is InChI=1S/C12H24N2O3/c1-4-10-8-14(6-7-17-10)9-12(3,11(15)16)13-5-2/h10,13H,4-9H2,1-3H3,(H,15,16). The first kappa shape index (κ1) is 14.4. The van der Waals surface area contributed by atoms with Crippen LogP contribution >= 0.6 is 0 Å². The molecule has 0 amide bonds. The number of nitrogens with zero attached hydrogens (tertiary/aromatic N) is 1. The third kappa shape index (κ3) is 3.94. The minimum atomic E-state index is -0.871. The van der Waals surface area contributed by atoms with E-state index >= 15 is 0 Å². The Kier molecular flexibility index (Phi) is 5.36. The molecule has 0 spiro atoms. The summed E-state index contributed by atoms with van der Waals surface area (Å²) in [6.45, 7) is 9.27. The van der Waals surface area contributed by atoms with Crippen LogP contribution in [0.1, 0.15) is 27.2 Å². The van der Waals surface area contributed by atoms with Crippen molar-refractivity contribution < 1.29 is 14.6 Å². The zero-order chi connectivity index (χ0) is 12.9. The number of nitrogens with one attached hydrogen (secondary N) is 1. The topological polar surface area (TPSA) is 61.8 Å². The van der Waals surface area contributed by atoms with Crippen molar-refractivity contribution in [1.29, 1.82) is 0 Å². The first-order chi connectivity index (χ1) is 8.01. The Balaban J connectivity index is 2.57. The number of likely N-dealkylation sites (N-methyl/N-ethyl adjacent to an activating group) is 1. The van der Waals surface area contributed by atoms with Crippen LogP contribution in [0.15, 0.2) is 0 Å². The lowest BCUT2D eigenvalue weighted by molar-refractivity contribution is -0.146. The fourth-order valence-corrected chi connectivity index (χ4v) is 2.21. The zero-order valence-electron chi connectivity index (χ0n) is 11.0. The van der Waals surface area contributed by atoms with Gasteiger partial charge in [-0.2, -0.15) is 0 Å². The van der Waals surface area contributed by atoms with Crippen molar-refractivity contribution in [2.45, 2.75) is 38.8 Å². The summed E-state index contributed by atoms with van der Waals surface area (Å²) in [5.74, 6) is -0.793. The van der Waals surface area contributed by atoms with E-state index < -0.39 is 11.5 Å². The molecule has 0 aliphatic carbocycles. The summed E-state index contributed by atoms with van der Waals surface area (Å²) in [6.07, 6.45) is 1.21. The van der Waals surface area contributed by atoms with E-state index in [4.69, 9.17) is 4.74 Å². The van der Waals surface area contributed by atoms with Gasteiger partial charge in [0.1, 0.15) is 5.54 Å². The molecule has 2 atom stereocenters. The van der Waals surface area contributed by atoms with Gasteiger partial charge in [-0.15, -0.1) is 0 Å². The second kappa shape index (κ2) is 6.33. The molecule has 5 heteroatoms. The van der Waals surface area contributed by atoms with Crippen LogP contribution in [0.4, 0.5) is 0 Å². The van der Waals surface area contributed by atoms with Crippen LogP contribution in [0, 0.1) is 0 Å². The molecule has 1 aliphatic rings.